The number of ether oxygens (including phenoxy) is 1. The third kappa shape index (κ3) is 4.73. The van der Waals surface area contributed by atoms with E-state index >= 15 is 0 Å². The molecule has 0 bridgehead atoms. The molecule has 0 radical (unpaired) electrons. The maximum absolute atomic E-state index is 5.30. The fraction of sp³-hybridized carbons (Fsp3) is 0.200. The van der Waals surface area contributed by atoms with Crippen LogP contribution in [0, 0.1) is 0 Å². The zero-order chi connectivity index (χ0) is 14.9. The van der Waals surface area contributed by atoms with E-state index in [9.17, 15) is 0 Å². The van der Waals surface area contributed by atoms with Crippen LogP contribution in [0.15, 0.2) is 78.9 Å². The molecule has 2 aromatic carbocycles. The molecule has 0 aliphatic rings. The molecule has 0 aromatic heterocycles. The van der Waals surface area contributed by atoms with Gasteiger partial charge in [0.25, 0.3) is 0 Å². The van der Waals surface area contributed by atoms with Gasteiger partial charge in [-0.25, -0.2) is 0 Å². The van der Waals surface area contributed by atoms with Gasteiger partial charge < -0.3 is 4.74 Å². The minimum absolute atomic E-state index is 0.405. The SMILES string of the molecule is COC/C(=C\C=C/C(C)c1ccccc1)c1ccccc1. The van der Waals surface area contributed by atoms with Gasteiger partial charge in [-0.15, -0.1) is 0 Å². The monoisotopic (exact) mass is 278 g/mol. The van der Waals surface area contributed by atoms with Gasteiger partial charge in [-0.2, -0.15) is 0 Å². The van der Waals surface area contributed by atoms with E-state index in [2.05, 4.69) is 73.7 Å². The third-order valence-electron chi connectivity index (χ3n) is 3.47. The van der Waals surface area contributed by atoms with Gasteiger partial charge in [-0.05, 0) is 22.6 Å². The van der Waals surface area contributed by atoms with Crippen molar-refractivity contribution in [3.8, 4) is 0 Å². The quantitative estimate of drug-likeness (QED) is 0.670. The fourth-order valence-corrected chi connectivity index (χ4v) is 2.24. The molecular formula is C20H22O. The van der Waals surface area contributed by atoms with Crippen LogP contribution in [0.5, 0.6) is 0 Å². The summed E-state index contributed by atoms with van der Waals surface area (Å²) in [5.41, 5.74) is 3.72. The van der Waals surface area contributed by atoms with Crippen molar-refractivity contribution in [3.05, 3.63) is 90.0 Å². The van der Waals surface area contributed by atoms with Gasteiger partial charge in [0.05, 0.1) is 6.61 Å². The lowest BCUT2D eigenvalue weighted by Crippen LogP contribution is -1.93. The Hall–Kier alpha value is -2.12. The standard InChI is InChI=1S/C20H22O/c1-17(18-11-5-3-6-12-18)10-9-15-20(16-21-2)19-13-7-4-8-14-19/h3-15,17H,16H2,1-2H3/b10-9-,20-15+. The van der Waals surface area contributed by atoms with E-state index in [4.69, 9.17) is 4.74 Å². The number of benzene rings is 2. The van der Waals surface area contributed by atoms with Gasteiger partial charge in [-0.3, -0.25) is 0 Å². The van der Waals surface area contributed by atoms with Crippen LogP contribution in [0.3, 0.4) is 0 Å². The number of hydrogen-bond acceptors (Lipinski definition) is 1. The van der Waals surface area contributed by atoms with Gasteiger partial charge >= 0.3 is 0 Å². The van der Waals surface area contributed by atoms with Crippen LogP contribution >= 0.6 is 0 Å². The van der Waals surface area contributed by atoms with E-state index in [1.807, 2.05) is 12.1 Å². The molecule has 1 nitrogen and oxygen atoms in total. The van der Waals surface area contributed by atoms with E-state index in [0.29, 0.717) is 12.5 Å². The Kier molecular flexibility index (Phi) is 5.99. The van der Waals surface area contributed by atoms with Gasteiger partial charge in [0.2, 0.25) is 0 Å². The van der Waals surface area contributed by atoms with Gasteiger partial charge in [0.1, 0.15) is 0 Å². The van der Waals surface area contributed by atoms with Crippen LogP contribution in [-0.4, -0.2) is 13.7 Å². The van der Waals surface area contributed by atoms with E-state index in [1.54, 1.807) is 7.11 Å². The molecule has 21 heavy (non-hydrogen) atoms. The topological polar surface area (TPSA) is 9.23 Å². The number of methoxy groups -OCH3 is 1. The number of rotatable bonds is 6. The summed E-state index contributed by atoms with van der Waals surface area (Å²) in [5, 5.41) is 0. The molecule has 1 heteroatoms. The van der Waals surface area contributed by atoms with Gasteiger partial charge in [-0.1, -0.05) is 85.8 Å². The van der Waals surface area contributed by atoms with E-state index in [0.717, 1.165) is 0 Å². The summed E-state index contributed by atoms with van der Waals surface area (Å²) in [4.78, 5) is 0. The first kappa shape index (κ1) is 15.3. The maximum atomic E-state index is 5.30. The molecule has 0 saturated carbocycles. The second-order valence-electron chi connectivity index (χ2n) is 5.08. The predicted molar refractivity (Wildman–Crippen MR) is 90.3 cm³/mol. The van der Waals surface area contributed by atoms with Crippen molar-refractivity contribution in [3.63, 3.8) is 0 Å². The molecule has 0 saturated heterocycles. The normalized spacial score (nSPS) is 13.5. The summed E-state index contributed by atoms with van der Waals surface area (Å²) in [7, 11) is 1.73. The molecule has 0 aliphatic heterocycles. The van der Waals surface area contributed by atoms with Crippen LogP contribution in [0.1, 0.15) is 24.0 Å². The molecule has 1 atom stereocenters. The Labute approximate surface area is 127 Å². The van der Waals surface area contributed by atoms with Crippen molar-refractivity contribution in [1.29, 1.82) is 0 Å². The fourth-order valence-electron chi connectivity index (χ4n) is 2.24. The first-order chi connectivity index (χ1) is 10.3. The third-order valence-corrected chi connectivity index (χ3v) is 3.47. The van der Waals surface area contributed by atoms with Gasteiger partial charge in [0.15, 0.2) is 0 Å². The lowest BCUT2D eigenvalue weighted by Gasteiger charge is -2.07. The molecular weight excluding hydrogens is 256 g/mol. The molecule has 0 heterocycles. The summed E-state index contributed by atoms with van der Waals surface area (Å²) in [5.74, 6) is 0.405. The maximum Gasteiger partial charge on any atom is 0.0718 e. The first-order valence-corrected chi connectivity index (χ1v) is 7.28. The molecule has 2 rings (SSSR count). The Bertz CT molecular complexity index is 582. The van der Waals surface area contributed by atoms with E-state index < -0.39 is 0 Å². The highest BCUT2D eigenvalue weighted by Gasteiger charge is 2.00. The molecule has 0 fully saturated rings. The molecule has 0 spiro atoms. The Morgan fingerprint density at radius 2 is 1.62 bits per heavy atom. The van der Waals surface area contributed by atoms with Crippen molar-refractivity contribution < 1.29 is 4.74 Å². The van der Waals surface area contributed by atoms with Crippen LogP contribution in [0.4, 0.5) is 0 Å². The zero-order valence-corrected chi connectivity index (χ0v) is 12.7. The second-order valence-corrected chi connectivity index (χ2v) is 5.08. The summed E-state index contributed by atoms with van der Waals surface area (Å²) in [6.07, 6.45) is 6.48. The zero-order valence-electron chi connectivity index (χ0n) is 12.7. The second kappa shape index (κ2) is 8.23. The largest absolute Gasteiger partial charge is 0.380 e. The van der Waals surface area contributed by atoms with Crippen molar-refractivity contribution >= 4 is 5.57 Å². The highest BCUT2D eigenvalue weighted by molar-refractivity contribution is 5.67. The molecule has 2 aromatic rings. The Morgan fingerprint density at radius 1 is 1.00 bits per heavy atom. The van der Waals surface area contributed by atoms with Crippen molar-refractivity contribution in [1.82, 2.24) is 0 Å². The van der Waals surface area contributed by atoms with Crippen LogP contribution in [0.2, 0.25) is 0 Å². The Morgan fingerprint density at radius 3 is 2.24 bits per heavy atom. The average molecular weight is 278 g/mol. The van der Waals surface area contributed by atoms with Crippen molar-refractivity contribution in [2.24, 2.45) is 0 Å². The molecule has 0 N–H and O–H groups in total. The smallest absolute Gasteiger partial charge is 0.0718 e. The van der Waals surface area contributed by atoms with Crippen LogP contribution < -0.4 is 0 Å². The van der Waals surface area contributed by atoms with Crippen LogP contribution in [-0.2, 0) is 4.74 Å². The molecule has 0 amide bonds. The summed E-state index contributed by atoms with van der Waals surface area (Å²) < 4.78 is 5.30. The minimum Gasteiger partial charge on any atom is -0.380 e. The molecule has 0 aliphatic carbocycles. The summed E-state index contributed by atoms with van der Waals surface area (Å²) in [6, 6.07) is 20.9. The van der Waals surface area contributed by atoms with Crippen LogP contribution in [0.25, 0.3) is 5.57 Å². The predicted octanol–water partition coefficient (Wildman–Crippen LogP) is 5.08. The van der Waals surface area contributed by atoms with Crippen molar-refractivity contribution in [2.75, 3.05) is 13.7 Å². The molecule has 1 unspecified atom stereocenters. The number of allylic oxidation sites excluding steroid dienone is 3. The summed E-state index contributed by atoms with van der Waals surface area (Å²) >= 11 is 0. The average Bonchev–Trinajstić information content (AvgIpc) is 2.55. The minimum atomic E-state index is 0.405. The first-order valence-electron chi connectivity index (χ1n) is 7.28. The highest BCUT2D eigenvalue weighted by atomic mass is 16.5. The number of hydrogen-bond donors (Lipinski definition) is 0. The summed E-state index contributed by atoms with van der Waals surface area (Å²) in [6.45, 7) is 2.83. The van der Waals surface area contributed by atoms with Gasteiger partial charge in [0, 0.05) is 7.11 Å². The van der Waals surface area contributed by atoms with Crippen molar-refractivity contribution in [2.45, 2.75) is 12.8 Å². The molecule has 108 valence electrons. The van der Waals surface area contributed by atoms with E-state index in [-0.39, 0.29) is 0 Å². The lowest BCUT2D eigenvalue weighted by atomic mass is 10.00. The lowest BCUT2D eigenvalue weighted by molar-refractivity contribution is 0.239. The highest BCUT2D eigenvalue weighted by Crippen LogP contribution is 2.18. The Balaban J connectivity index is 2.11. The van der Waals surface area contributed by atoms with E-state index in [1.165, 1.54) is 16.7 Å².